The van der Waals surface area contributed by atoms with Gasteiger partial charge in [0.25, 0.3) is 0 Å². The molecule has 16 aromatic rings. The van der Waals surface area contributed by atoms with Crippen LogP contribution in [0.3, 0.4) is 0 Å². The predicted octanol–water partition coefficient (Wildman–Crippen LogP) is 36.5. The van der Waals surface area contributed by atoms with Crippen molar-refractivity contribution < 1.29 is 4.42 Å². The van der Waals surface area contributed by atoms with Crippen molar-refractivity contribution in [1.82, 2.24) is 9.55 Å². The molecular weight excluding hydrogens is 1460 g/mol. The third-order valence-corrected chi connectivity index (χ3v) is 18.9. The second-order valence-electron chi connectivity index (χ2n) is 28.9. The van der Waals surface area contributed by atoms with E-state index in [9.17, 15) is 0 Å². The Labute approximate surface area is 739 Å². The molecule has 0 aliphatic carbocycles. The van der Waals surface area contributed by atoms with Crippen LogP contribution in [0.4, 0.5) is 0 Å². The van der Waals surface area contributed by atoms with Crippen LogP contribution in [0.2, 0.25) is 0 Å². The summed E-state index contributed by atoms with van der Waals surface area (Å²) in [6.07, 6.45) is 3.50. The van der Waals surface area contributed by atoms with Gasteiger partial charge < -0.3 is 8.98 Å². The maximum absolute atomic E-state index is 5.08. The number of rotatable bonds is 4. The predicted molar refractivity (Wildman–Crippen MR) is 550 cm³/mol. The third kappa shape index (κ3) is 41.1. The van der Waals surface area contributed by atoms with Crippen molar-refractivity contribution in [3.05, 3.63) is 446 Å². The van der Waals surface area contributed by atoms with Gasteiger partial charge in [0.1, 0.15) is 11.5 Å². The van der Waals surface area contributed by atoms with Crippen molar-refractivity contribution in [3.63, 3.8) is 0 Å². The molecule has 3 nitrogen and oxygen atoms in total. The summed E-state index contributed by atoms with van der Waals surface area (Å²) in [7, 11) is 2.07. The highest BCUT2D eigenvalue weighted by atomic mass is 16.3. The minimum atomic E-state index is 0. The van der Waals surface area contributed by atoms with E-state index in [1.54, 1.807) is 12.4 Å². The van der Waals surface area contributed by atoms with Gasteiger partial charge in [0.15, 0.2) is 0 Å². The Morgan fingerprint density at radius 2 is 0.380 bits per heavy atom. The van der Waals surface area contributed by atoms with Gasteiger partial charge in [0, 0.05) is 30.8 Å². The Bertz CT molecular complexity index is 4820. The van der Waals surface area contributed by atoms with Gasteiger partial charge in [-0.2, -0.15) is 0 Å². The quantitative estimate of drug-likeness (QED) is 0.176. The SMILES string of the molecule is C.C.C.C.C.C.C.CC.CC.Cc1cc(C)cc(C)c1.Cc1ccc(-c2ccc(-c3ccc(C)cc3)cc2)cc1.Cc1ccc(-c2ccc(C)cc2)cc1.Cc1ccc(-c2ccc(C)cc2)cc1.Cc1ccc(C)c2ccccc12.Cc1ccc(C)cc1.Cc1ccc(C)n1C.Cc1ccc(C)o1.Cc1cccc2c(C)cccc12.c1ccncc1. The van der Waals surface area contributed by atoms with Crippen LogP contribution < -0.4 is 0 Å². The van der Waals surface area contributed by atoms with Gasteiger partial charge in [-0.25, -0.2) is 0 Å². The summed E-state index contributed by atoms with van der Waals surface area (Å²) in [6.45, 7) is 47.9. The summed E-state index contributed by atoms with van der Waals surface area (Å²) >= 11 is 0. The largest absolute Gasteiger partial charge is 0.467 e. The molecule has 0 unspecified atom stereocenters. The molecule has 3 aromatic heterocycles. The van der Waals surface area contributed by atoms with E-state index in [1.165, 1.54) is 161 Å². The van der Waals surface area contributed by atoms with Crippen LogP contribution in [0.25, 0.3) is 66.1 Å². The van der Waals surface area contributed by atoms with E-state index in [0.29, 0.717) is 0 Å². The summed E-state index contributed by atoms with van der Waals surface area (Å²) in [5.74, 6) is 1.97. The highest BCUT2D eigenvalue weighted by molar-refractivity contribution is 5.89. The van der Waals surface area contributed by atoms with Gasteiger partial charge in [0.05, 0.1) is 0 Å². The van der Waals surface area contributed by atoms with E-state index < -0.39 is 0 Å². The molecule has 0 saturated heterocycles. The van der Waals surface area contributed by atoms with Gasteiger partial charge in [-0.05, 0) is 256 Å². The van der Waals surface area contributed by atoms with Crippen LogP contribution in [-0.2, 0) is 7.05 Å². The summed E-state index contributed by atoms with van der Waals surface area (Å²) in [6, 6.07) is 115. The molecule has 121 heavy (non-hydrogen) atoms. The lowest BCUT2D eigenvalue weighted by Gasteiger charge is -2.06. The molecule has 13 aromatic carbocycles. The van der Waals surface area contributed by atoms with Crippen molar-refractivity contribution in [3.8, 4) is 44.5 Å². The van der Waals surface area contributed by atoms with Crippen molar-refractivity contribution in [2.24, 2.45) is 7.05 Å². The summed E-state index contributed by atoms with van der Waals surface area (Å²) < 4.78 is 7.25. The average molecular weight is 1620 g/mol. The number of hydrogen-bond acceptors (Lipinski definition) is 2. The zero-order chi connectivity index (χ0) is 83.5. The molecule has 0 aliphatic rings. The Kier molecular flexibility index (Phi) is 57.5. The molecule has 0 bridgehead atoms. The Balaban J connectivity index is -0.00000129. The maximum atomic E-state index is 5.08. The lowest BCUT2D eigenvalue weighted by atomic mass is 9.99. The smallest absolute Gasteiger partial charge is 0.101 e. The van der Waals surface area contributed by atoms with E-state index in [2.05, 4.69) is 432 Å². The number of nitrogens with zero attached hydrogens (tertiary/aromatic N) is 2. The highest BCUT2D eigenvalue weighted by Crippen LogP contribution is 2.28. The summed E-state index contributed by atoms with van der Waals surface area (Å²) in [5, 5.41) is 5.49. The standard InChI is InChI=1S/C20H18.2C14H14.2C12H12.C9H12.C8H10.C7H11N.C6H8O.C5H5N.2C2H6.7CH4/c1-15-3-7-17(8-4-15)19-11-13-20(14-12-19)18-9-5-16(2)6-10-18;2*1-11-3-7-13(8-4-11)14-9-5-12(2)6-10-14;1-9-5-3-8-12-10(2)6-4-7-11(9)12;1-9-7-8-10(2)12-6-4-3-5-11(9)12;1-7-4-8(2)6-9(3)5-7;1-7-3-5-8(2)6-4-7;1-6-4-5-7(2)8(6)3;1-5-3-4-6(2)7-5;1-2-4-6-5-3-1;2*1-2;;;;;;;/h3-14H,1-2H3;2*3-10H,1-2H3;2*3-8H,1-2H3;4-6H,1-3H3;3-6H,1-2H3;4-5H,1-3H3;3-4H,1-2H3;1-5H;2*1-2H3;7*1H4. The first-order chi connectivity index (χ1) is 54.8. The van der Waals surface area contributed by atoms with Crippen LogP contribution in [0.1, 0.15) is 186 Å². The molecule has 0 N–H and O–H groups in total. The minimum absolute atomic E-state index is 0. The van der Waals surface area contributed by atoms with Crippen molar-refractivity contribution in [2.75, 3.05) is 0 Å². The first kappa shape index (κ1) is 113. The number of fused-ring (bicyclic) bond motifs is 2. The van der Waals surface area contributed by atoms with Crippen LogP contribution in [0, 0.1) is 132 Å². The van der Waals surface area contributed by atoms with E-state index in [4.69, 9.17) is 4.42 Å². The monoisotopic (exact) mass is 1620 g/mol. The Morgan fingerprint density at radius 3 is 0.545 bits per heavy atom. The van der Waals surface area contributed by atoms with Crippen LogP contribution in [0.15, 0.2) is 344 Å². The zero-order valence-electron chi connectivity index (χ0n) is 73.1. The van der Waals surface area contributed by atoms with Crippen LogP contribution >= 0.6 is 0 Å². The maximum Gasteiger partial charge on any atom is 0.101 e. The Hall–Kier alpha value is -11.9. The first-order valence-corrected chi connectivity index (χ1v) is 40.3. The number of pyridine rings is 1. The second kappa shape index (κ2) is 61.4. The fourth-order valence-corrected chi connectivity index (χ4v) is 12.0. The van der Waals surface area contributed by atoms with Gasteiger partial charge in [-0.15, -0.1) is 0 Å². The molecule has 0 fully saturated rings. The minimum Gasteiger partial charge on any atom is -0.467 e. The van der Waals surface area contributed by atoms with Gasteiger partial charge in [-0.1, -0.05) is 432 Å². The zero-order valence-corrected chi connectivity index (χ0v) is 73.1. The van der Waals surface area contributed by atoms with Gasteiger partial charge >= 0.3 is 0 Å². The third-order valence-electron chi connectivity index (χ3n) is 18.9. The molecule has 0 aliphatic heterocycles. The number of aryl methyl sites for hydroxylation is 19. The van der Waals surface area contributed by atoms with Crippen molar-refractivity contribution in [2.45, 2.75) is 211 Å². The summed E-state index contributed by atoms with van der Waals surface area (Å²) in [4.78, 5) is 3.78. The molecule has 0 atom stereocenters. The molecule has 0 saturated carbocycles. The fraction of sp³-hybridized carbons (Fsp3) is 0.263. The number of aromatic nitrogens is 2. The first-order valence-electron chi connectivity index (χ1n) is 40.3. The van der Waals surface area contributed by atoms with E-state index >= 15 is 0 Å². The molecule has 0 amide bonds. The van der Waals surface area contributed by atoms with E-state index in [0.717, 1.165) is 11.5 Å². The van der Waals surface area contributed by atoms with Crippen molar-refractivity contribution in [1.29, 1.82) is 0 Å². The van der Waals surface area contributed by atoms with Crippen LogP contribution in [-0.4, -0.2) is 9.55 Å². The second-order valence-corrected chi connectivity index (χ2v) is 28.9. The molecule has 3 heterocycles. The Morgan fingerprint density at radius 1 is 0.190 bits per heavy atom. The van der Waals surface area contributed by atoms with E-state index in [1.807, 2.05) is 71.9 Å². The normalized spacial score (nSPS) is 9.19. The number of hydrogen-bond donors (Lipinski definition) is 0. The topological polar surface area (TPSA) is 31.0 Å². The number of furan rings is 1. The average Bonchev–Trinajstić information content (AvgIpc) is 1.50. The van der Waals surface area contributed by atoms with Crippen molar-refractivity contribution >= 4 is 21.5 Å². The number of benzene rings is 13. The molecule has 0 radical (unpaired) electrons. The molecule has 644 valence electrons. The van der Waals surface area contributed by atoms with Gasteiger partial charge in [-0.3, -0.25) is 4.98 Å². The summed E-state index contributed by atoms with van der Waals surface area (Å²) in [5.41, 5.74) is 32.8. The lowest BCUT2D eigenvalue weighted by Crippen LogP contribution is -1.91. The highest BCUT2D eigenvalue weighted by Gasteiger charge is 2.04. The fourth-order valence-electron chi connectivity index (χ4n) is 12.0. The van der Waals surface area contributed by atoms with E-state index in [-0.39, 0.29) is 52.0 Å². The van der Waals surface area contributed by atoms with Crippen LogP contribution in [0.5, 0.6) is 0 Å². The van der Waals surface area contributed by atoms with Gasteiger partial charge in [0.2, 0.25) is 0 Å². The lowest BCUT2D eigenvalue weighted by molar-refractivity contribution is 0.504. The molecule has 16 rings (SSSR count). The molecular formula is C118H156N2O. The molecule has 0 spiro atoms. The molecule has 3 heteroatoms.